The van der Waals surface area contributed by atoms with Crippen LogP contribution in [-0.4, -0.2) is 148 Å². The van der Waals surface area contributed by atoms with Gasteiger partial charge in [0.2, 0.25) is 41.4 Å². The van der Waals surface area contributed by atoms with Crippen LogP contribution in [-0.2, 0) is 49.5 Å². The molecule has 0 unspecified atom stereocenters. The summed E-state index contributed by atoms with van der Waals surface area (Å²) in [7, 11) is 0. The summed E-state index contributed by atoms with van der Waals surface area (Å²) in [5.41, 5.74) is 11.3. The number of nitrogens with zero attached hydrogens (tertiary/aromatic N) is 1. The zero-order valence-electron chi connectivity index (χ0n) is 30.3. The Labute approximate surface area is 319 Å². The van der Waals surface area contributed by atoms with Crippen LogP contribution in [0.1, 0.15) is 38.2 Å². The first kappa shape index (κ1) is 44.5. The summed E-state index contributed by atoms with van der Waals surface area (Å²) in [6.45, 7) is -0.445. The maximum Gasteiger partial charge on any atom is 0.305 e. The van der Waals surface area contributed by atoms with Crippen LogP contribution in [0.4, 0.5) is 0 Å². The Morgan fingerprint density at radius 1 is 0.839 bits per heavy atom. The molecule has 2 aliphatic rings. The molecule has 0 aliphatic carbocycles. The zero-order valence-corrected chi connectivity index (χ0v) is 30.3. The first-order chi connectivity index (χ1) is 26.5. The summed E-state index contributed by atoms with van der Waals surface area (Å²) < 4.78 is 5.53. The van der Waals surface area contributed by atoms with Crippen molar-refractivity contribution in [1.29, 1.82) is 0 Å². The Balaban J connectivity index is 2.02. The molecule has 2 fully saturated rings. The van der Waals surface area contributed by atoms with Gasteiger partial charge in [-0.1, -0.05) is 30.3 Å². The maximum atomic E-state index is 14.0. The van der Waals surface area contributed by atoms with E-state index in [1.165, 1.54) is 0 Å². The first-order valence-corrected chi connectivity index (χ1v) is 17.5. The number of aliphatic carboxylic acids is 1. The second kappa shape index (κ2) is 21.3. The molecule has 7 amide bonds. The monoisotopic (exact) mass is 792 g/mol. The van der Waals surface area contributed by atoms with Gasteiger partial charge in [-0.15, -0.1) is 0 Å². The van der Waals surface area contributed by atoms with Gasteiger partial charge in [0, 0.05) is 19.9 Å². The van der Waals surface area contributed by atoms with E-state index in [-0.39, 0.29) is 31.8 Å². The van der Waals surface area contributed by atoms with Crippen LogP contribution in [0.3, 0.4) is 0 Å². The van der Waals surface area contributed by atoms with Gasteiger partial charge in [0.15, 0.2) is 12.2 Å². The third-order valence-corrected chi connectivity index (χ3v) is 8.57. The smallest absolute Gasteiger partial charge is 0.305 e. The lowest BCUT2D eigenvalue weighted by Crippen LogP contribution is -2.68. The largest absolute Gasteiger partial charge is 0.481 e. The highest BCUT2D eigenvalue weighted by molar-refractivity contribution is 5.99. The van der Waals surface area contributed by atoms with Crippen molar-refractivity contribution in [2.75, 3.05) is 19.7 Å². The standard InChI is InChI=1S/C33H48N10O13/c1-15(45)38-25-27(51)26(50)21(14-44)56-32(25)43-22(46)11-19-30(54)40-17(8-5-9-36-33(34)35)28(52)37-13-23(47)39-20(12-24(48)49)31(55)41-18(29(53)42-19)10-16-6-3-2-4-7-16/h2-4,6-7,17-21,25-27,32,44,50-51H,5,8-14H2,1H3,(H,37,52)(H,38,45)(H,39,47)(H,40,54)(H,41,55)(H,42,53)(H,43,46)(H,48,49)(H4,34,35,36)/t17-,18+,19-,20-,21+,25+,26+,27+,32+/m0/s1. The third kappa shape index (κ3) is 13.7. The van der Waals surface area contributed by atoms with Gasteiger partial charge in [-0.25, -0.2) is 0 Å². The van der Waals surface area contributed by atoms with Gasteiger partial charge in [0.05, 0.1) is 26.0 Å². The minimum absolute atomic E-state index is 0.0170. The Morgan fingerprint density at radius 2 is 1.45 bits per heavy atom. The number of hydrogen-bond donors (Lipinski definition) is 13. The number of hydrogen-bond acceptors (Lipinski definition) is 13. The van der Waals surface area contributed by atoms with Crippen molar-refractivity contribution in [3.05, 3.63) is 35.9 Å². The molecule has 0 radical (unpaired) electrons. The molecule has 15 N–H and O–H groups in total. The summed E-state index contributed by atoms with van der Waals surface area (Å²) in [6.07, 6.45) is -8.41. The number of nitrogens with one attached hydrogen (secondary N) is 7. The van der Waals surface area contributed by atoms with Gasteiger partial charge < -0.3 is 73.8 Å². The molecule has 1 aromatic rings. The average molecular weight is 793 g/mol. The van der Waals surface area contributed by atoms with E-state index < -0.39 is 128 Å². The van der Waals surface area contributed by atoms with Crippen molar-refractivity contribution in [3.63, 3.8) is 0 Å². The number of aliphatic hydroxyl groups is 3. The number of aliphatic imine (C=N–C) groups is 1. The number of amides is 7. The third-order valence-electron chi connectivity index (χ3n) is 8.57. The highest BCUT2D eigenvalue weighted by Crippen LogP contribution is 2.20. The molecule has 308 valence electrons. The summed E-state index contributed by atoms with van der Waals surface area (Å²) in [5.74, 6) is -8.54. The Hall–Kier alpha value is -5.91. The predicted molar refractivity (Wildman–Crippen MR) is 191 cm³/mol. The van der Waals surface area contributed by atoms with E-state index in [1.54, 1.807) is 30.3 Å². The van der Waals surface area contributed by atoms with Crippen molar-refractivity contribution in [2.24, 2.45) is 16.5 Å². The summed E-state index contributed by atoms with van der Waals surface area (Å²) in [6, 6.07) is 0.313. The maximum absolute atomic E-state index is 14.0. The van der Waals surface area contributed by atoms with Crippen LogP contribution in [0, 0.1) is 0 Å². The molecule has 56 heavy (non-hydrogen) atoms. The lowest BCUT2D eigenvalue weighted by molar-refractivity contribution is -0.203. The average Bonchev–Trinajstić information content (AvgIpc) is 3.13. The van der Waals surface area contributed by atoms with E-state index in [0.717, 1.165) is 6.92 Å². The molecular weight excluding hydrogens is 744 g/mol. The Morgan fingerprint density at radius 3 is 2.05 bits per heavy atom. The van der Waals surface area contributed by atoms with Crippen molar-refractivity contribution < 1.29 is 63.5 Å². The summed E-state index contributed by atoms with van der Waals surface area (Å²) in [5, 5.41) is 56.6. The number of aliphatic hydroxyl groups excluding tert-OH is 3. The zero-order chi connectivity index (χ0) is 41.5. The number of ether oxygens (including phenoxy) is 1. The van der Waals surface area contributed by atoms with Gasteiger partial charge in [-0.3, -0.25) is 43.3 Å². The number of carbonyl (C=O) groups excluding carboxylic acids is 7. The van der Waals surface area contributed by atoms with Crippen LogP contribution < -0.4 is 48.7 Å². The van der Waals surface area contributed by atoms with Crippen LogP contribution in [0.2, 0.25) is 0 Å². The second-order valence-electron chi connectivity index (χ2n) is 13.0. The normalized spacial score (nSPS) is 27.7. The van der Waals surface area contributed by atoms with E-state index in [0.29, 0.717) is 5.56 Å². The van der Waals surface area contributed by atoms with E-state index >= 15 is 0 Å². The van der Waals surface area contributed by atoms with Crippen molar-refractivity contribution >= 4 is 53.3 Å². The SMILES string of the molecule is CC(=O)N[C@@H]1[C@@H](O)[C@H](O)[C@@H](CO)O[C@H]1NC(=O)C[C@@H]1NC(=O)[C@@H](Cc2ccccc2)NC(=O)[C@H](CC(=O)O)NC(=O)CNC(=O)[C@H](CCCN=C(N)N)NC1=O. The van der Waals surface area contributed by atoms with E-state index in [2.05, 4.69) is 42.2 Å². The number of benzene rings is 1. The molecule has 2 heterocycles. The molecule has 1 aromatic carbocycles. The van der Waals surface area contributed by atoms with Gasteiger partial charge >= 0.3 is 5.97 Å². The van der Waals surface area contributed by atoms with E-state index in [4.69, 9.17) is 16.2 Å². The minimum atomic E-state index is -1.81. The number of carbonyl (C=O) groups is 8. The number of carboxylic acid groups (broad SMARTS) is 1. The number of guanidine groups is 1. The van der Waals surface area contributed by atoms with Gasteiger partial charge in [-0.05, 0) is 18.4 Å². The number of rotatable bonds is 13. The highest BCUT2D eigenvalue weighted by atomic mass is 16.5. The topological polar surface area (TPSA) is 375 Å². The van der Waals surface area contributed by atoms with E-state index in [9.17, 15) is 58.8 Å². The van der Waals surface area contributed by atoms with Crippen molar-refractivity contribution in [2.45, 2.75) is 93.8 Å². The molecule has 3 rings (SSSR count). The molecular formula is C33H48N10O13. The summed E-state index contributed by atoms with van der Waals surface area (Å²) >= 11 is 0. The van der Waals surface area contributed by atoms with Gasteiger partial charge in [0.25, 0.3) is 0 Å². The predicted octanol–water partition coefficient (Wildman–Crippen LogP) is -6.72. The van der Waals surface area contributed by atoms with Crippen molar-refractivity contribution in [1.82, 2.24) is 37.2 Å². The Bertz CT molecular complexity index is 1630. The van der Waals surface area contributed by atoms with Crippen molar-refractivity contribution in [3.8, 4) is 0 Å². The van der Waals surface area contributed by atoms with Crippen LogP contribution in [0.25, 0.3) is 0 Å². The summed E-state index contributed by atoms with van der Waals surface area (Å²) in [4.78, 5) is 108. The lowest BCUT2D eigenvalue weighted by Gasteiger charge is -2.42. The van der Waals surface area contributed by atoms with Crippen LogP contribution >= 0.6 is 0 Å². The molecule has 0 saturated carbocycles. The quantitative estimate of drug-likeness (QED) is 0.0502. The fourth-order valence-electron chi connectivity index (χ4n) is 5.82. The molecule has 0 aromatic heterocycles. The molecule has 2 aliphatic heterocycles. The molecule has 23 heteroatoms. The number of nitrogens with two attached hydrogens (primary N) is 2. The fraction of sp³-hybridized carbons (Fsp3) is 0.545. The molecule has 0 bridgehead atoms. The van der Waals surface area contributed by atoms with Crippen LogP contribution in [0.15, 0.2) is 35.3 Å². The van der Waals surface area contributed by atoms with Gasteiger partial charge in [0.1, 0.15) is 48.5 Å². The lowest BCUT2D eigenvalue weighted by atomic mass is 9.95. The molecule has 2 saturated heterocycles. The molecule has 9 atom stereocenters. The highest BCUT2D eigenvalue weighted by Gasteiger charge is 2.45. The Kier molecular flexibility index (Phi) is 16.9. The number of carboxylic acids is 1. The first-order valence-electron chi connectivity index (χ1n) is 17.5. The second-order valence-corrected chi connectivity index (χ2v) is 13.0. The molecule has 0 spiro atoms. The van der Waals surface area contributed by atoms with Crippen LogP contribution in [0.5, 0.6) is 0 Å². The minimum Gasteiger partial charge on any atom is -0.481 e. The van der Waals surface area contributed by atoms with E-state index in [1.807, 2.05) is 0 Å². The molecule has 23 nitrogen and oxygen atoms in total. The van der Waals surface area contributed by atoms with Gasteiger partial charge in [-0.2, -0.15) is 0 Å². The fourth-order valence-corrected chi connectivity index (χ4v) is 5.82.